The van der Waals surface area contributed by atoms with E-state index in [2.05, 4.69) is 11.8 Å². The van der Waals surface area contributed by atoms with Crippen LogP contribution in [-0.4, -0.2) is 24.9 Å². The Labute approximate surface area is 115 Å². The van der Waals surface area contributed by atoms with Crippen molar-refractivity contribution in [1.82, 2.24) is 0 Å². The second-order valence-corrected chi connectivity index (χ2v) is 5.76. The minimum atomic E-state index is -0.623. The molecule has 1 aromatic heterocycles. The summed E-state index contributed by atoms with van der Waals surface area (Å²) in [5.74, 6) is -0.639. The van der Waals surface area contributed by atoms with Crippen molar-refractivity contribution in [3.63, 3.8) is 0 Å². The summed E-state index contributed by atoms with van der Waals surface area (Å²) in [6.07, 6.45) is 2.16. The summed E-state index contributed by atoms with van der Waals surface area (Å²) in [6.45, 7) is 3.84. The Hall–Kier alpha value is -1.76. The lowest BCUT2D eigenvalue weighted by Gasteiger charge is -2.17. The first kappa shape index (κ1) is 13.7. The van der Waals surface area contributed by atoms with Gasteiger partial charge in [-0.05, 0) is 12.3 Å². The maximum Gasteiger partial charge on any atom is 0.260 e. The summed E-state index contributed by atoms with van der Waals surface area (Å²) >= 11 is 1.16. The Kier molecular flexibility index (Phi) is 3.66. The van der Waals surface area contributed by atoms with Gasteiger partial charge >= 0.3 is 0 Å². The molecule has 1 unspecified atom stereocenters. The summed E-state index contributed by atoms with van der Waals surface area (Å²) in [5.41, 5.74) is 16.8. The molecule has 1 fully saturated rings. The van der Waals surface area contributed by atoms with Gasteiger partial charge in [0, 0.05) is 13.1 Å². The fourth-order valence-electron chi connectivity index (χ4n) is 2.43. The van der Waals surface area contributed by atoms with E-state index in [1.807, 2.05) is 0 Å². The Bertz CT molecular complexity index is 526. The molecule has 2 amide bonds. The highest BCUT2D eigenvalue weighted by atomic mass is 32.1. The molecule has 0 radical (unpaired) electrons. The predicted octanol–water partition coefficient (Wildman–Crippen LogP) is 0.764. The molecule has 1 aromatic rings. The van der Waals surface area contributed by atoms with E-state index in [1.54, 1.807) is 0 Å². The molecule has 0 saturated carbocycles. The first-order valence-corrected chi connectivity index (χ1v) is 7.04. The maximum atomic E-state index is 11.6. The molecular formula is C12H18N4O2S. The second kappa shape index (κ2) is 5.08. The molecule has 104 valence electrons. The average molecular weight is 282 g/mol. The fraction of sp³-hybridized carbons (Fsp3) is 0.500. The number of nitrogens with zero attached hydrogens (tertiary/aromatic N) is 1. The smallest absolute Gasteiger partial charge is 0.260 e. The van der Waals surface area contributed by atoms with Crippen LogP contribution in [0.15, 0.2) is 0 Å². The lowest BCUT2D eigenvalue weighted by atomic mass is 10.1. The Morgan fingerprint density at radius 3 is 2.53 bits per heavy atom. The third-order valence-electron chi connectivity index (χ3n) is 3.55. The molecule has 1 aliphatic rings. The summed E-state index contributed by atoms with van der Waals surface area (Å²) in [4.78, 5) is 25.2. The van der Waals surface area contributed by atoms with Crippen molar-refractivity contribution >= 4 is 33.8 Å². The molecule has 6 nitrogen and oxygen atoms in total. The Morgan fingerprint density at radius 1 is 1.37 bits per heavy atom. The highest BCUT2D eigenvalue weighted by Crippen LogP contribution is 2.40. The number of carbonyl (C=O) groups is 2. The first-order chi connectivity index (χ1) is 8.95. The highest BCUT2D eigenvalue weighted by Gasteiger charge is 2.30. The second-order valence-electron chi connectivity index (χ2n) is 4.76. The van der Waals surface area contributed by atoms with Gasteiger partial charge in [-0.1, -0.05) is 13.3 Å². The van der Waals surface area contributed by atoms with Crippen molar-refractivity contribution in [2.45, 2.75) is 19.8 Å². The highest BCUT2D eigenvalue weighted by molar-refractivity contribution is 7.19. The van der Waals surface area contributed by atoms with Crippen LogP contribution < -0.4 is 22.1 Å². The van der Waals surface area contributed by atoms with Crippen LogP contribution in [0, 0.1) is 5.92 Å². The third-order valence-corrected chi connectivity index (χ3v) is 4.83. The van der Waals surface area contributed by atoms with Crippen LogP contribution in [-0.2, 0) is 0 Å². The SMILES string of the molecule is CCC1CCN(c2sc(C(N)=O)c(N)c2C(N)=O)C1. The van der Waals surface area contributed by atoms with Gasteiger partial charge in [0.1, 0.15) is 9.88 Å². The number of anilines is 2. The molecule has 1 atom stereocenters. The van der Waals surface area contributed by atoms with Crippen LogP contribution in [0.3, 0.4) is 0 Å². The van der Waals surface area contributed by atoms with Gasteiger partial charge in [0.05, 0.1) is 11.3 Å². The monoisotopic (exact) mass is 282 g/mol. The Balaban J connectivity index is 2.42. The summed E-state index contributed by atoms with van der Waals surface area (Å²) in [6, 6.07) is 0. The van der Waals surface area contributed by atoms with E-state index in [4.69, 9.17) is 17.2 Å². The number of nitrogens with two attached hydrogens (primary N) is 3. The molecule has 2 heterocycles. The summed E-state index contributed by atoms with van der Waals surface area (Å²) < 4.78 is 0. The molecule has 7 heteroatoms. The largest absolute Gasteiger partial charge is 0.397 e. The quantitative estimate of drug-likeness (QED) is 0.756. The summed E-state index contributed by atoms with van der Waals surface area (Å²) in [5, 5.41) is 0.676. The van der Waals surface area contributed by atoms with Crippen LogP contribution >= 0.6 is 11.3 Å². The Morgan fingerprint density at radius 2 is 2.05 bits per heavy atom. The van der Waals surface area contributed by atoms with Gasteiger partial charge in [-0.2, -0.15) is 0 Å². The summed E-state index contributed by atoms with van der Waals surface area (Å²) in [7, 11) is 0. The van der Waals surface area contributed by atoms with E-state index in [0.29, 0.717) is 10.9 Å². The number of nitrogen functional groups attached to an aromatic ring is 1. The van der Waals surface area contributed by atoms with E-state index in [1.165, 1.54) is 0 Å². The van der Waals surface area contributed by atoms with E-state index < -0.39 is 11.8 Å². The van der Waals surface area contributed by atoms with Crippen molar-refractivity contribution in [2.75, 3.05) is 23.7 Å². The molecule has 1 saturated heterocycles. The third kappa shape index (κ3) is 2.37. The van der Waals surface area contributed by atoms with E-state index in [-0.39, 0.29) is 16.1 Å². The standard InChI is InChI=1S/C12H18N4O2S/c1-2-6-3-4-16(5-6)12-7(10(14)17)8(13)9(19-12)11(15)18/h6H,2-5,13H2,1H3,(H2,14,17)(H2,15,18). The van der Waals surface area contributed by atoms with Crippen LogP contribution in [0.5, 0.6) is 0 Å². The molecule has 1 aliphatic heterocycles. The number of thiophene rings is 1. The molecule has 0 bridgehead atoms. The lowest BCUT2D eigenvalue weighted by molar-refractivity contribution is 0.0999. The molecule has 2 rings (SSSR count). The fourth-order valence-corrected chi connectivity index (χ4v) is 3.54. The minimum Gasteiger partial charge on any atom is -0.397 e. The molecular weight excluding hydrogens is 264 g/mol. The number of hydrogen-bond donors (Lipinski definition) is 3. The number of primary amides is 2. The zero-order valence-corrected chi connectivity index (χ0v) is 11.6. The number of amides is 2. The zero-order chi connectivity index (χ0) is 14.2. The molecule has 0 spiro atoms. The van der Waals surface area contributed by atoms with Gasteiger partial charge in [0.15, 0.2) is 0 Å². The van der Waals surface area contributed by atoms with Gasteiger partial charge in [0.2, 0.25) is 0 Å². The maximum absolute atomic E-state index is 11.6. The molecule has 19 heavy (non-hydrogen) atoms. The number of carbonyl (C=O) groups excluding carboxylic acids is 2. The van der Waals surface area contributed by atoms with E-state index >= 15 is 0 Å². The van der Waals surface area contributed by atoms with Crippen molar-refractivity contribution in [3.8, 4) is 0 Å². The first-order valence-electron chi connectivity index (χ1n) is 6.22. The lowest BCUT2D eigenvalue weighted by Crippen LogP contribution is -2.23. The van der Waals surface area contributed by atoms with Crippen LogP contribution in [0.25, 0.3) is 0 Å². The van der Waals surface area contributed by atoms with E-state index in [0.717, 1.165) is 37.3 Å². The normalized spacial score (nSPS) is 18.8. The van der Waals surface area contributed by atoms with Crippen molar-refractivity contribution in [3.05, 3.63) is 10.4 Å². The van der Waals surface area contributed by atoms with Crippen LogP contribution in [0.2, 0.25) is 0 Å². The van der Waals surface area contributed by atoms with Gasteiger partial charge in [-0.25, -0.2) is 0 Å². The molecule has 0 aromatic carbocycles. The van der Waals surface area contributed by atoms with Crippen LogP contribution in [0.4, 0.5) is 10.7 Å². The van der Waals surface area contributed by atoms with Gasteiger partial charge in [-0.3, -0.25) is 9.59 Å². The zero-order valence-electron chi connectivity index (χ0n) is 10.8. The number of rotatable bonds is 4. The van der Waals surface area contributed by atoms with Crippen LogP contribution in [0.1, 0.15) is 39.8 Å². The van der Waals surface area contributed by atoms with Crippen molar-refractivity contribution in [2.24, 2.45) is 17.4 Å². The number of hydrogen-bond acceptors (Lipinski definition) is 5. The van der Waals surface area contributed by atoms with Crippen molar-refractivity contribution in [1.29, 1.82) is 0 Å². The average Bonchev–Trinajstić information content (AvgIpc) is 2.92. The predicted molar refractivity (Wildman–Crippen MR) is 76.4 cm³/mol. The molecule has 6 N–H and O–H groups in total. The topological polar surface area (TPSA) is 115 Å². The van der Waals surface area contributed by atoms with E-state index in [9.17, 15) is 9.59 Å². The molecule has 0 aliphatic carbocycles. The van der Waals surface area contributed by atoms with Crippen molar-refractivity contribution < 1.29 is 9.59 Å². The van der Waals surface area contributed by atoms with Gasteiger partial charge in [0.25, 0.3) is 11.8 Å². The van der Waals surface area contributed by atoms with Gasteiger partial charge in [-0.15, -0.1) is 11.3 Å². The minimum absolute atomic E-state index is 0.111. The van der Waals surface area contributed by atoms with Gasteiger partial charge < -0.3 is 22.1 Å².